The van der Waals surface area contributed by atoms with Crippen molar-refractivity contribution in [1.29, 1.82) is 0 Å². The van der Waals surface area contributed by atoms with Gasteiger partial charge in [0.2, 0.25) is 0 Å². The molecule has 0 spiro atoms. The largest absolute Gasteiger partial charge is 0.350 e. The number of nitrogens with zero attached hydrogens (tertiary/aromatic N) is 1. The van der Waals surface area contributed by atoms with Gasteiger partial charge in [0.05, 0.1) is 5.02 Å². The lowest BCUT2D eigenvalue weighted by Crippen LogP contribution is -2.25. The Kier molecular flexibility index (Phi) is 7.79. The van der Waals surface area contributed by atoms with Gasteiger partial charge in [0.1, 0.15) is 0 Å². The number of aromatic nitrogens is 1. The summed E-state index contributed by atoms with van der Waals surface area (Å²) in [5.74, 6) is -0.288. The van der Waals surface area contributed by atoms with E-state index in [0.29, 0.717) is 5.02 Å². The Morgan fingerprint density at radius 2 is 1.57 bits per heavy atom. The molecule has 122 valence electrons. The van der Waals surface area contributed by atoms with Crippen molar-refractivity contribution >= 4 is 11.6 Å². The summed E-state index contributed by atoms with van der Waals surface area (Å²) < 4.78 is 15.7. The quantitative estimate of drug-likeness (QED) is 0.427. The monoisotopic (exact) mass is 315 g/mol. The molecule has 1 aromatic heterocycles. The predicted molar refractivity (Wildman–Crippen MR) is 90.6 cm³/mol. The summed E-state index contributed by atoms with van der Waals surface area (Å²) in [5.41, 5.74) is 0.966. The van der Waals surface area contributed by atoms with E-state index in [2.05, 4.69) is 20.8 Å². The van der Waals surface area contributed by atoms with Crippen molar-refractivity contribution in [2.24, 2.45) is 7.05 Å². The molecular formula is C18H31ClFN. The lowest BCUT2D eigenvalue weighted by molar-refractivity contribution is 0.349. The smallest absolute Gasteiger partial charge is 0.159 e. The zero-order chi connectivity index (χ0) is 15.9. The van der Waals surface area contributed by atoms with Crippen LogP contribution < -0.4 is 0 Å². The fourth-order valence-corrected chi connectivity index (χ4v) is 3.73. The van der Waals surface area contributed by atoms with Gasteiger partial charge in [0.15, 0.2) is 5.82 Å². The van der Waals surface area contributed by atoms with Gasteiger partial charge in [-0.1, -0.05) is 77.3 Å². The highest BCUT2D eigenvalue weighted by molar-refractivity contribution is 6.31. The molecular weight excluding hydrogens is 285 g/mol. The molecule has 3 heteroatoms. The van der Waals surface area contributed by atoms with Crippen LogP contribution in [0.3, 0.4) is 0 Å². The summed E-state index contributed by atoms with van der Waals surface area (Å²) in [4.78, 5) is 0. The van der Waals surface area contributed by atoms with Crippen LogP contribution in [0.5, 0.6) is 0 Å². The minimum absolute atomic E-state index is 0.0148. The number of hydrogen-bond acceptors (Lipinski definition) is 0. The van der Waals surface area contributed by atoms with Crippen molar-refractivity contribution in [3.63, 3.8) is 0 Å². The Morgan fingerprint density at radius 3 is 2.05 bits per heavy atom. The number of halogens is 2. The molecule has 0 radical (unpaired) electrons. The third-order valence-corrected chi connectivity index (χ3v) is 4.92. The van der Waals surface area contributed by atoms with Gasteiger partial charge >= 0.3 is 0 Å². The zero-order valence-electron chi connectivity index (χ0n) is 14.1. The Hall–Kier alpha value is -0.500. The van der Waals surface area contributed by atoms with Crippen molar-refractivity contribution in [3.8, 4) is 0 Å². The third-order valence-electron chi connectivity index (χ3n) is 4.56. The minimum atomic E-state index is -0.288. The summed E-state index contributed by atoms with van der Waals surface area (Å²) in [6.07, 6.45) is 12.3. The fraction of sp³-hybridized carbons (Fsp3) is 0.778. The molecule has 0 saturated carbocycles. The lowest BCUT2D eigenvalue weighted by Gasteiger charge is -2.31. The molecule has 21 heavy (non-hydrogen) atoms. The van der Waals surface area contributed by atoms with Crippen LogP contribution in [-0.4, -0.2) is 4.57 Å². The molecule has 0 fully saturated rings. The van der Waals surface area contributed by atoms with E-state index in [1.54, 1.807) is 0 Å². The summed E-state index contributed by atoms with van der Waals surface area (Å²) in [7, 11) is 1.91. The van der Waals surface area contributed by atoms with Gasteiger partial charge in [0, 0.05) is 24.4 Å². The van der Waals surface area contributed by atoms with E-state index in [1.807, 2.05) is 11.6 Å². The first-order valence-electron chi connectivity index (χ1n) is 8.47. The third kappa shape index (κ3) is 5.02. The van der Waals surface area contributed by atoms with E-state index in [9.17, 15) is 4.39 Å². The highest BCUT2D eigenvalue weighted by Crippen LogP contribution is 2.40. The normalized spacial score (nSPS) is 14.4. The number of rotatable bonds is 10. The van der Waals surface area contributed by atoms with Crippen molar-refractivity contribution in [1.82, 2.24) is 4.57 Å². The van der Waals surface area contributed by atoms with Crippen LogP contribution in [0.15, 0.2) is 6.20 Å². The van der Waals surface area contributed by atoms with Gasteiger partial charge in [-0.3, -0.25) is 0 Å². The van der Waals surface area contributed by atoms with Crippen LogP contribution in [0.25, 0.3) is 0 Å². The van der Waals surface area contributed by atoms with Crippen molar-refractivity contribution in [2.75, 3.05) is 0 Å². The Balaban J connectivity index is 2.88. The first kappa shape index (κ1) is 18.5. The van der Waals surface area contributed by atoms with Crippen LogP contribution in [0.4, 0.5) is 4.39 Å². The van der Waals surface area contributed by atoms with Crippen LogP contribution in [-0.2, 0) is 12.5 Å². The molecule has 0 aliphatic rings. The fourth-order valence-electron chi connectivity index (χ4n) is 3.32. The summed E-state index contributed by atoms with van der Waals surface area (Å²) in [6.45, 7) is 6.70. The van der Waals surface area contributed by atoms with Crippen molar-refractivity contribution in [2.45, 2.75) is 84.0 Å². The molecule has 1 heterocycles. The SMILES string of the molecule is CCCCCCC(C)(CCCCC)c1c(Cl)c(F)cn1C. The maximum absolute atomic E-state index is 13.8. The van der Waals surface area contributed by atoms with E-state index in [0.717, 1.165) is 18.5 Å². The highest BCUT2D eigenvalue weighted by Gasteiger charge is 2.32. The van der Waals surface area contributed by atoms with E-state index in [-0.39, 0.29) is 11.2 Å². The molecule has 1 rings (SSSR count). The maximum atomic E-state index is 13.8. The van der Waals surface area contributed by atoms with Crippen LogP contribution >= 0.6 is 11.6 Å². The number of unbranched alkanes of at least 4 members (excludes halogenated alkanes) is 5. The molecule has 0 amide bonds. The molecule has 1 aromatic rings. The van der Waals surface area contributed by atoms with Gasteiger partial charge in [-0.15, -0.1) is 0 Å². The van der Waals surface area contributed by atoms with Gasteiger partial charge in [0.25, 0.3) is 0 Å². The average molecular weight is 316 g/mol. The van der Waals surface area contributed by atoms with Crippen LogP contribution in [0, 0.1) is 5.82 Å². The maximum Gasteiger partial charge on any atom is 0.159 e. The molecule has 0 aliphatic heterocycles. The summed E-state index contributed by atoms with van der Waals surface area (Å²) in [6, 6.07) is 0. The first-order valence-corrected chi connectivity index (χ1v) is 8.84. The molecule has 1 atom stereocenters. The summed E-state index contributed by atoms with van der Waals surface area (Å²) >= 11 is 6.26. The van der Waals surface area contributed by atoms with Gasteiger partial charge in [-0.25, -0.2) is 4.39 Å². The lowest BCUT2D eigenvalue weighted by atomic mass is 9.77. The number of hydrogen-bond donors (Lipinski definition) is 0. The topological polar surface area (TPSA) is 4.93 Å². The predicted octanol–water partition coefficient (Wildman–Crippen LogP) is 6.63. The Bertz CT molecular complexity index is 427. The van der Waals surface area contributed by atoms with Crippen molar-refractivity contribution in [3.05, 3.63) is 22.7 Å². The van der Waals surface area contributed by atoms with Gasteiger partial charge in [-0.2, -0.15) is 0 Å². The second kappa shape index (κ2) is 8.82. The first-order chi connectivity index (χ1) is 9.96. The van der Waals surface area contributed by atoms with E-state index in [4.69, 9.17) is 11.6 Å². The summed E-state index contributed by atoms with van der Waals surface area (Å²) in [5, 5.41) is 0.326. The second-order valence-electron chi connectivity index (χ2n) is 6.58. The molecule has 0 bridgehead atoms. The van der Waals surface area contributed by atoms with Gasteiger partial charge in [-0.05, 0) is 12.8 Å². The standard InChI is InChI=1S/C18H31ClFN/c1-5-7-9-11-13-18(3,12-10-8-6-2)17-16(19)15(20)14-21(17)4/h14H,5-13H2,1-4H3. The van der Waals surface area contributed by atoms with E-state index >= 15 is 0 Å². The average Bonchev–Trinajstić information content (AvgIpc) is 2.69. The molecule has 1 unspecified atom stereocenters. The van der Waals surface area contributed by atoms with Crippen LogP contribution in [0.2, 0.25) is 5.02 Å². The Labute approximate surface area is 134 Å². The molecule has 1 nitrogen and oxygen atoms in total. The van der Waals surface area contributed by atoms with Crippen molar-refractivity contribution < 1.29 is 4.39 Å². The molecule has 0 aliphatic carbocycles. The van der Waals surface area contributed by atoms with E-state index in [1.165, 1.54) is 51.1 Å². The second-order valence-corrected chi connectivity index (χ2v) is 6.96. The van der Waals surface area contributed by atoms with Crippen LogP contribution in [0.1, 0.15) is 84.3 Å². The highest BCUT2D eigenvalue weighted by atomic mass is 35.5. The van der Waals surface area contributed by atoms with Gasteiger partial charge < -0.3 is 4.57 Å². The Morgan fingerprint density at radius 1 is 1.05 bits per heavy atom. The molecule has 0 aromatic carbocycles. The zero-order valence-corrected chi connectivity index (χ0v) is 14.9. The molecule has 0 N–H and O–H groups in total. The number of aryl methyl sites for hydroxylation is 1. The molecule has 0 saturated heterocycles. The van der Waals surface area contributed by atoms with E-state index < -0.39 is 0 Å². The minimum Gasteiger partial charge on any atom is -0.350 e.